The average Bonchev–Trinajstić information content (AvgIpc) is 3.12. The zero-order valence-corrected chi connectivity index (χ0v) is 20.6. The van der Waals surface area contributed by atoms with E-state index in [1.165, 1.54) is 4.90 Å². The van der Waals surface area contributed by atoms with E-state index >= 15 is 0 Å². The summed E-state index contributed by atoms with van der Waals surface area (Å²) in [6.45, 7) is 4.91. The van der Waals surface area contributed by atoms with E-state index in [0.29, 0.717) is 19.6 Å². The Labute approximate surface area is 208 Å². The van der Waals surface area contributed by atoms with Gasteiger partial charge in [-0.2, -0.15) is 0 Å². The Morgan fingerprint density at radius 3 is 2.26 bits per heavy atom. The molecule has 2 heterocycles. The highest BCUT2D eigenvalue weighted by Crippen LogP contribution is 2.33. The van der Waals surface area contributed by atoms with E-state index in [1.807, 2.05) is 60.7 Å². The van der Waals surface area contributed by atoms with Crippen molar-refractivity contribution in [2.75, 3.05) is 26.3 Å². The lowest BCUT2D eigenvalue weighted by molar-refractivity contribution is -0.131. The molecular formula is C28H36N4O3. The van der Waals surface area contributed by atoms with Gasteiger partial charge in [0.05, 0.1) is 6.67 Å². The first-order chi connectivity index (χ1) is 17.1. The van der Waals surface area contributed by atoms with Crippen LogP contribution in [0.15, 0.2) is 60.7 Å². The van der Waals surface area contributed by atoms with E-state index in [4.69, 9.17) is 0 Å². The molecule has 2 fully saturated rings. The highest BCUT2D eigenvalue weighted by atomic mass is 16.2. The quantitative estimate of drug-likeness (QED) is 0.413. The van der Waals surface area contributed by atoms with Crippen LogP contribution < -0.4 is 5.32 Å². The monoisotopic (exact) mass is 476 g/mol. The maximum absolute atomic E-state index is 13.5. The Bertz CT molecular complexity index is 990. The van der Waals surface area contributed by atoms with Crippen molar-refractivity contribution in [3.63, 3.8) is 0 Å². The van der Waals surface area contributed by atoms with Gasteiger partial charge in [0.1, 0.15) is 6.04 Å². The van der Waals surface area contributed by atoms with Crippen LogP contribution in [-0.2, 0) is 16.1 Å². The van der Waals surface area contributed by atoms with Gasteiger partial charge in [-0.05, 0) is 30.4 Å². The van der Waals surface area contributed by atoms with Crippen molar-refractivity contribution in [1.82, 2.24) is 20.0 Å². The number of hydrogen-bond acceptors (Lipinski definition) is 4. The summed E-state index contributed by atoms with van der Waals surface area (Å²) in [5.41, 5.74) is 1.81. The number of urea groups is 1. The largest absolute Gasteiger partial charge is 0.356 e. The molecular weight excluding hydrogens is 440 g/mol. The first-order valence-electron chi connectivity index (χ1n) is 12.8. The summed E-state index contributed by atoms with van der Waals surface area (Å²) in [6, 6.07) is 18.4. The van der Waals surface area contributed by atoms with Crippen LogP contribution in [0.5, 0.6) is 0 Å². The van der Waals surface area contributed by atoms with Gasteiger partial charge in [0, 0.05) is 32.1 Å². The molecule has 4 rings (SSSR count). The van der Waals surface area contributed by atoms with E-state index in [-0.39, 0.29) is 30.4 Å². The predicted octanol–water partition coefficient (Wildman–Crippen LogP) is 4.17. The minimum atomic E-state index is -0.629. The van der Waals surface area contributed by atoms with Crippen molar-refractivity contribution < 1.29 is 14.4 Å². The number of nitrogens with one attached hydrogen (secondary N) is 1. The van der Waals surface area contributed by atoms with Crippen molar-refractivity contribution in [2.45, 2.75) is 51.6 Å². The van der Waals surface area contributed by atoms with Crippen LogP contribution in [0.1, 0.15) is 56.2 Å². The third kappa shape index (κ3) is 6.09. The summed E-state index contributed by atoms with van der Waals surface area (Å²) in [7, 11) is 0. The molecule has 2 aromatic rings. The number of benzene rings is 2. The van der Waals surface area contributed by atoms with Gasteiger partial charge in [-0.1, -0.05) is 80.4 Å². The fourth-order valence-corrected chi connectivity index (χ4v) is 4.94. The molecule has 1 atom stereocenters. The summed E-state index contributed by atoms with van der Waals surface area (Å²) in [5.74, 6) is -0.0512. The molecule has 0 radical (unpaired) electrons. The highest BCUT2D eigenvalue weighted by Gasteiger charge is 2.46. The minimum absolute atomic E-state index is 0.00417. The van der Waals surface area contributed by atoms with Crippen LogP contribution in [0.2, 0.25) is 0 Å². The summed E-state index contributed by atoms with van der Waals surface area (Å²) in [5, 5.41) is 3.06. The van der Waals surface area contributed by atoms with E-state index in [0.717, 1.165) is 49.8 Å². The fourth-order valence-electron chi connectivity index (χ4n) is 4.94. The van der Waals surface area contributed by atoms with Crippen molar-refractivity contribution in [1.29, 1.82) is 0 Å². The second kappa shape index (κ2) is 12.0. The maximum Gasteiger partial charge on any atom is 0.329 e. The number of unbranched alkanes of at least 4 members (excludes halogenated alkanes) is 2. The van der Waals surface area contributed by atoms with Gasteiger partial charge >= 0.3 is 6.03 Å². The predicted molar refractivity (Wildman–Crippen MR) is 135 cm³/mol. The van der Waals surface area contributed by atoms with Crippen molar-refractivity contribution in [2.24, 2.45) is 5.92 Å². The van der Waals surface area contributed by atoms with Crippen LogP contribution in [0.4, 0.5) is 4.79 Å². The Kier molecular flexibility index (Phi) is 8.53. The summed E-state index contributed by atoms with van der Waals surface area (Å²) in [6.07, 6.45) is 4.76. The molecule has 4 amide bonds. The first kappa shape index (κ1) is 24.9. The molecule has 2 saturated heterocycles. The maximum atomic E-state index is 13.5. The van der Waals surface area contributed by atoms with E-state index in [1.54, 1.807) is 4.90 Å². The van der Waals surface area contributed by atoms with Gasteiger partial charge in [0.25, 0.3) is 5.91 Å². The number of amides is 4. The van der Waals surface area contributed by atoms with Gasteiger partial charge in [-0.3, -0.25) is 14.5 Å². The number of carbonyl (C=O) groups is 3. The normalized spacial score (nSPS) is 19.4. The number of hydrogen-bond donors (Lipinski definition) is 1. The van der Waals surface area contributed by atoms with Crippen LogP contribution in [0.25, 0.3) is 0 Å². The van der Waals surface area contributed by atoms with Crippen LogP contribution in [-0.4, -0.2) is 58.8 Å². The van der Waals surface area contributed by atoms with E-state index in [9.17, 15) is 14.4 Å². The van der Waals surface area contributed by atoms with E-state index in [2.05, 4.69) is 17.1 Å². The summed E-state index contributed by atoms with van der Waals surface area (Å²) < 4.78 is 0. The van der Waals surface area contributed by atoms with Crippen molar-refractivity contribution >= 4 is 17.8 Å². The Hall–Kier alpha value is -3.19. The van der Waals surface area contributed by atoms with Gasteiger partial charge in [0.15, 0.2) is 0 Å². The lowest BCUT2D eigenvalue weighted by atomic mass is 9.96. The molecule has 0 aliphatic carbocycles. The van der Waals surface area contributed by atoms with E-state index < -0.39 is 6.04 Å². The van der Waals surface area contributed by atoms with Gasteiger partial charge in [-0.25, -0.2) is 9.69 Å². The van der Waals surface area contributed by atoms with Crippen molar-refractivity contribution in [3.8, 4) is 0 Å². The number of imide groups is 1. The topological polar surface area (TPSA) is 73.0 Å². The van der Waals surface area contributed by atoms with Gasteiger partial charge < -0.3 is 10.2 Å². The van der Waals surface area contributed by atoms with Gasteiger partial charge in [0.2, 0.25) is 5.91 Å². The standard InChI is InChI=1S/C28H36N4O3/c1-2-3-10-17-29-26(33)24-15-18-30(19-16-24)21-32-27(34)25(23-13-8-5-9-14-23)31(28(32)35)20-22-11-6-4-7-12-22/h4-9,11-14,24-25H,2-3,10,15-21H2,1H3,(H,29,33). The lowest BCUT2D eigenvalue weighted by Crippen LogP contribution is -2.47. The summed E-state index contributed by atoms with van der Waals surface area (Å²) >= 11 is 0. The summed E-state index contributed by atoms with van der Waals surface area (Å²) in [4.78, 5) is 44.6. The molecule has 2 aliphatic heterocycles. The fraction of sp³-hybridized carbons (Fsp3) is 0.464. The molecule has 7 heteroatoms. The molecule has 0 spiro atoms. The zero-order valence-electron chi connectivity index (χ0n) is 20.6. The van der Waals surface area contributed by atoms with Crippen molar-refractivity contribution in [3.05, 3.63) is 71.8 Å². The zero-order chi connectivity index (χ0) is 24.6. The van der Waals surface area contributed by atoms with Crippen LogP contribution >= 0.6 is 0 Å². The molecule has 186 valence electrons. The second-order valence-corrected chi connectivity index (χ2v) is 9.51. The van der Waals surface area contributed by atoms with Crippen LogP contribution in [0.3, 0.4) is 0 Å². The Morgan fingerprint density at radius 2 is 1.60 bits per heavy atom. The number of rotatable bonds is 10. The Balaban J connectivity index is 1.39. The second-order valence-electron chi connectivity index (χ2n) is 9.51. The molecule has 2 aliphatic rings. The molecule has 0 bridgehead atoms. The lowest BCUT2D eigenvalue weighted by Gasteiger charge is -2.33. The number of piperidine rings is 1. The molecule has 0 aromatic heterocycles. The minimum Gasteiger partial charge on any atom is -0.356 e. The smallest absolute Gasteiger partial charge is 0.329 e. The highest BCUT2D eigenvalue weighted by molar-refractivity contribution is 6.04. The molecule has 35 heavy (non-hydrogen) atoms. The first-order valence-corrected chi connectivity index (χ1v) is 12.8. The third-order valence-electron chi connectivity index (χ3n) is 6.98. The Morgan fingerprint density at radius 1 is 0.943 bits per heavy atom. The van der Waals surface area contributed by atoms with Crippen LogP contribution in [0, 0.1) is 5.92 Å². The molecule has 0 saturated carbocycles. The molecule has 1 N–H and O–H groups in total. The number of likely N-dealkylation sites (tertiary alicyclic amines) is 1. The number of nitrogens with zero attached hydrogens (tertiary/aromatic N) is 3. The van der Waals surface area contributed by atoms with Gasteiger partial charge in [-0.15, -0.1) is 0 Å². The molecule has 7 nitrogen and oxygen atoms in total. The SMILES string of the molecule is CCCCCNC(=O)C1CCN(CN2C(=O)C(c3ccccc3)N(Cc3ccccc3)C2=O)CC1. The molecule has 1 unspecified atom stereocenters. The molecule has 2 aromatic carbocycles. The number of carbonyl (C=O) groups excluding carboxylic acids is 3. The average molecular weight is 477 g/mol. The third-order valence-corrected chi connectivity index (χ3v) is 6.98.